The van der Waals surface area contributed by atoms with Crippen LogP contribution in [0.15, 0.2) is 65.7 Å². The van der Waals surface area contributed by atoms with Crippen LogP contribution in [0.1, 0.15) is 28.7 Å². The molecule has 0 radical (unpaired) electrons. The van der Waals surface area contributed by atoms with Gasteiger partial charge in [-0.3, -0.25) is 9.78 Å². The molecule has 0 spiro atoms. The molecule has 12 heteroatoms. The summed E-state index contributed by atoms with van der Waals surface area (Å²) in [6.45, 7) is 0.0549. The number of ether oxygens (including phenoxy) is 6. The van der Waals surface area contributed by atoms with Gasteiger partial charge < -0.3 is 28.4 Å². The molecule has 1 aliphatic carbocycles. The molecule has 4 aromatic rings. The van der Waals surface area contributed by atoms with Crippen molar-refractivity contribution in [2.45, 2.75) is 16.9 Å². The molecule has 2 aliphatic heterocycles. The SMILES string of the molecule is COc1cc([C@@H]2c3cc4c(cc3[C@@H](NS(=O)(=O)c3cccc5cccnc35)[C@H]3COC(=O)[C@H]23)OCO4)cc(OC)c1OC. The number of aromatic nitrogens is 1. The maximum Gasteiger partial charge on any atom is 0.310 e. The van der Waals surface area contributed by atoms with Gasteiger partial charge in [0.2, 0.25) is 22.6 Å². The minimum atomic E-state index is -4.12. The van der Waals surface area contributed by atoms with Crippen molar-refractivity contribution in [3.8, 4) is 28.7 Å². The average molecular weight is 605 g/mol. The van der Waals surface area contributed by atoms with Gasteiger partial charge in [0.25, 0.3) is 0 Å². The van der Waals surface area contributed by atoms with Crippen LogP contribution in [0, 0.1) is 11.8 Å². The molecule has 0 saturated carbocycles. The number of sulfonamides is 1. The van der Waals surface area contributed by atoms with E-state index in [1.807, 2.05) is 6.07 Å². The fourth-order valence-corrected chi connectivity index (χ4v) is 7.96. The summed E-state index contributed by atoms with van der Waals surface area (Å²) in [6, 6.07) is 14.9. The van der Waals surface area contributed by atoms with Crippen molar-refractivity contribution < 1.29 is 41.6 Å². The van der Waals surface area contributed by atoms with Crippen molar-refractivity contribution in [2.24, 2.45) is 11.8 Å². The summed E-state index contributed by atoms with van der Waals surface area (Å²) in [5.74, 6) is 0.0116. The highest BCUT2D eigenvalue weighted by Crippen LogP contribution is 2.56. The molecular weight excluding hydrogens is 576 g/mol. The Kier molecular flexibility index (Phi) is 6.55. The van der Waals surface area contributed by atoms with Gasteiger partial charge in [0, 0.05) is 23.4 Å². The lowest BCUT2D eigenvalue weighted by Crippen LogP contribution is -2.42. The van der Waals surface area contributed by atoms with Crippen LogP contribution in [0.25, 0.3) is 10.9 Å². The van der Waals surface area contributed by atoms with E-state index in [2.05, 4.69) is 9.71 Å². The zero-order valence-electron chi connectivity index (χ0n) is 23.5. The van der Waals surface area contributed by atoms with Gasteiger partial charge in [-0.15, -0.1) is 0 Å². The van der Waals surface area contributed by atoms with Gasteiger partial charge >= 0.3 is 5.97 Å². The van der Waals surface area contributed by atoms with E-state index in [1.54, 1.807) is 48.7 Å². The predicted octanol–water partition coefficient (Wildman–Crippen LogP) is 3.94. The first-order valence-corrected chi connectivity index (χ1v) is 15.1. The van der Waals surface area contributed by atoms with Crippen molar-refractivity contribution in [3.63, 3.8) is 0 Å². The summed E-state index contributed by atoms with van der Waals surface area (Å²) in [7, 11) is 0.440. The molecule has 4 atom stereocenters. The van der Waals surface area contributed by atoms with E-state index in [-0.39, 0.29) is 18.3 Å². The average Bonchev–Trinajstić information content (AvgIpc) is 3.65. The van der Waals surface area contributed by atoms with E-state index < -0.39 is 39.8 Å². The van der Waals surface area contributed by atoms with Crippen molar-refractivity contribution in [1.82, 2.24) is 9.71 Å². The van der Waals surface area contributed by atoms with Gasteiger partial charge in [0.1, 0.15) is 4.90 Å². The van der Waals surface area contributed by atoms with Gasteiger partial charge in [0.05, 0.1) is 45.4 Å². The fraction of sp³-hybridized carbons (Fsp3) is 0.290. The first-order valence-electron chi connectivity index (χ1n) is 13.6. The summed E-state index contributed by atoms with van der Waals surface area (Å²) in [5, 5.41) is 0.692. The molecule has 1 N–H and O–H groups in total. The number of methoxy groups -OCH3 is 3. The zero-order chi connectivity index (χ0) is 29.9. The Bertz CT molecular complexity index is 1850. The molecule has 3 aromatic carbocycles. The third kappa shape index (κ3) is 4.31. The quantitative estimate of drug-likeness (QED) is 0.310. The Morgan fingerprint density at radius 3 is 2.28 bits per heavy atom. The maximum absolute atomic E-state index is 14.0. The first-order chi connectivity index (χ1) is 20.8. The highest BCUT2D eigenvalue weighted by Gasteiger charge is 2.53. The molecule has 3 aliphatic rings. The third-order valence-corrected chi connectivity index (χ3v) is 9.87. The van der Waals surface area contributed by atoms with Crippen molar-refractivity contribution >= 4 is 26.9 Å². The summed E-state index contributed by atoms with van der Waals surface area (Å²) in [4.78, 5) is 17.9. The number of pyridine rings is 1. The Morgan fingerprint density at radius 2 is 1.58 bits per heavy atom. The standard InChI is InChI=1S/C31H28N2O9S/c1-37-23-10-17(11-24(38-2)30(23)39-3)26-18-12-21-22(42-15-41-21)13-19(18)29(20-14-40-31(34)27(20)26)33-43(35,36)25-8-4-6-16-7-5-9-32-28(16)25/h4-13,20,26-27,29,33H,14-15H2,1-3H3/t20-,26+,27-,29+/m0/s1. The van der Waals surface area contributed by atoms with Crippen LogP contribution < -0.4 is 28.4 Å². The van der Waals surface area contributed by atoms with Crippen LogP contribution >= 0.6 is 0 Å². The van der Waals surface area contributed by atoms with E-state index in [0.717, 1.165) is 0 Å². The number of carbonyl (C=O) groups is 1. The number of benzene rings is 3. The molecule has 11 nitrogen and oxygen atoms in total. The Morgan fingerprint density at radius 1 is 0.884 bits per heavy atom. The van der Waals surface area contributed by atoms with Crippen LogP contribution in [0.2, 0.25) is 0 Å². The van der Waals surface area contributed by atoms with E-state index in [1.165, 1.54) is 27.4 Å². The van der Waals surface area contributed by atoms with E-state index in [9.17, 15) is 13.2 Å². The van der Waals surface area contributed by atoms with Gasteiger partial charge in [-0.2, -0.15) is 0 Å². The van der Waals surface area contributed by atoms with Crippen LogP contribution in [-0.2, 0) is 19.6 Å². The van der Waals surface area contributed by atoms with Crippen LogP contribution in [0.5, 0.6) is 28.7 Å². The number of nitrogens with one attached hydrogen (secondary N) is 1. The lowest BCUT2D eigenvalue weighted by molar-refractivity contribution is -0.141. The molecule has 222 valence electrons. The Balaban J connectivity index is 1.41. The number of hydrogen-bond donors (Lipinski definition) is 1. The number of rotatable bonds is 7. The number of para-hydroxylation sites is 1. The largest absolute Gasteiger partial charge is 0.493 e. The van der Waals surface area contributed by atoms with Crippen LogP contribution in [0.3, 0.4) is 0 Å². The second-order valence-corrected chi connectivity index (χ2v) is 12.2. The van der Waals surface area contributed by atoms with Crippen molar-refractivity contribution in [2.75, 3.05) is 34.7 Å². The molecule has 1 saturated heterocycles. The molecule has 0 bridgehead atoms. The second kappa shape index (κ2) is 10.3. The molecular formula is C31H28N2O9S. The second-order valence-electron chi connectivity index (χ2n) is 10.5. The fourth-order valence-electron chi connectivity index (χ4n) is 6.52. The van der Waals surface area contributed by atoms with Gasteiger partial charge in [-0.25, -0.2) is 13.1 Å². The number of fused-ring (bicyclic) bond motifs is 4. The summed E-state index contributed by atoms with van der Waals surface area (Å²) in [6.07, 6.45) is 1.55. The third-order valence-electron chi connectivity index (χ3n) is 8.40. The highest BCUT2D eigenvalue weighted by molar-refractivity contribution is 7.89. The van der Waals surface area contributed by atoms with Crippen molar-refractivity contribution in [1.29, 1.82) is 0 Å². The smallest absolute Gasteiger partial charge is 0.310 e. The minimum absolute atomic E-state index is 0.0271. The Labute approximate surface area is 247 Å². The highest BCUT2D eigenvalue weighted by atomic mass is 32.2. The van der Waals surface area contributed by atoms with E-state index >= 15 is 0 Å². The Hall–Kier alpha value is -4.55. The minimum Gasteiger partial charge on any atom is -0.493 e. The monoisotopic (exact) mass is 604 g/mol. The molecule has 0 amide bonds. The number of hydrogen-bond acceptors (Lipinski definition) is 10. The maximum atomic E-state index is 14.0. The number of esters is 1. The molecule has 7 rings (SSSR count). The molecule has 3 heterocycles. The first kappa shape index (κ1) is 27.3. The number of cyclic esters (lactones) is 1. The lowest BCUT2D eigenvalue weighted by atomic mass is 9.65. The zero-order valence-corrected chi connectivity index (χ0v) is 24.3. The summed E-state index contributed by atoms with van der Waals surface area (Å²) in [5.41, 5.74) is 2.41. The van der Waals surface area contributed by atoms with Crippen LogP contribution in [0.4, 0.5) is 0 Å². The lowest BCUT2D eigenvalue weighted by Gasteiger charge is -2.39. The molecule has 43 heavy (non-hydrogen) atoms. The van der Waals surface area contributed by atoms with E-state index in [0.29, 0.717) is 56.3 Å². The summed E-state index contributed by atoms with van der Waals surface area (Å²) < 4.78 is 64.8. The predicted molar refractivity (Wildman–Crippen MR) is 153 cm³/mol. The van der Waals surface area contributed by atoms with Gasteiger partial charge in [-0.1, -0.05) is 18.2 Å². The van der Waals surface area contributed by atoms with E-state index in [4.69, 9.17) is 28.4 Å². The van der Waals surface area contributed by atoms with Gasteiger partial charge in [-0.05, 0) is 53.1 Å². The van der Waals surface area contributed by atoms with Gasteiger partial charge in [0.15, 0.2) is 23.0 Å². The summed E-state index contributed by atoms with van der Waals surface area (Å²) >= 11 is 0. The van der Waals surface area contributed by atoms with Crippen LogP contribution in [-0.4, -0.2) is 54.1 Å². The topological polar surface area (TPSA) is 132 Å². The molecule has 1 aromatic heterocycles. The number of carbonyl (C=O) groups excluding carboxylic acids is 1. The molecule has 1 fully saturated rings. The van der Waals surface area contributed by atoms with Crippen molar-refractivity contribution in [3.05, 3.63) is 77.5 Å². The number of nitrogens with zero attached hydrogens (tertiary/aromatic N) is 1. The normalized spacial score (nSPS) is 22.1. The molecule has 0 unspecified atom stereocenters.